The summed E-state index contributed by atoms with van der Waals surface area (Å²) in [5, 5.41) is 0. The van der Waals surface area contributed by atoms with Gasteiger partial charge in [0.25, 0.3) is 0 Å². The van der Waals surface area contributed by atoms with Crippen LogP contribution in [0.3, 0.4) is 0 Å². The monoisotopic (exact) mass is 104 g/mol. The van der Waals surface area contributed by atoms with Gasteiger partial charge < -0.3 is 0 Å². The zero-order valence-corrected chi connectivity index (χ0v) is 4.94. The molecule has 0 saturated heterocycles. The Kier molecular flexibility index (Phi) is 1.54. The van der Waals surface area contributed by atoms with Gasteiger partial charge in [-0.05, 0) is 13.0 Å². The zero-order valence-electron chi connectivity index (χ0n) is 4.94. The Labute approximate surface area is 49.9 Å². The third-order valence-corrected chi connectivity index (χ3v) is 1.03. The molecule has 0 aromatic carbocycles. The van der Waals surface area contributed by atoms with Crippen LogP contribution in [0.5, 0.6) is 0 Å². The van der Waals surface area contributed by atoms with Crippen LogP contribution in [0.25, 0.3) is 0 Å². The van der Waals surface area contributed by atoms with Gasteiger partial charge in [0, 0.05) is 6.42 Å². The molecule has 40 valence electrons. The van der Waals surface area contributed by atoms with E-state index in [0.29, 0.717) is 0 Å². The van der Waals surface area contributed by atoms with Crippen LogP contribution in [-0.4, -0.2) is 0 Å². The van der Waals surface area contributed by atoms with E-state index in [1.807, 2.05) is 12.2 Å². The van der Waals surface area contributed by atoms with E-state index in [1.54, 1.807) is 0 Å². The molecular formula is C8H8. The molecule has 0 bridgehead atoms. The Bertz CT molecular complexity index is 184. The van der Waals surface area contributed by atoms with Crippen molar-refractivity contribution in [1.82, 2.24) is 0 Å². The molecule has 0 saturated carbocycles. The van der Waals surface area contributed by atoms with Crippen molar-refractivity contribution in [3.05, 3.63) is 23.8 Å². The summed E-state index contributed by atoms with van der Waals surface area (Å²) in [7, 11) is 0. The molecule has 0 unspecified atom stereocenters. The molecule has 0 fully saturated rings. The summed E-state index contributed by atoms with van der Waals surface area (Å²) in [5.41, 5.74) is 1.34. The molecule has 1 aliphatic carbocycles. The average molecular weight is 104 g/mol. The van der Waals surface area contributed by atoms with Gasteiger partial charge in [0.1, 0.15) is 0 Å². The van der Waals surface area contributed by atoms with Gasteiger partial charge >= 0.3 is 0 Å². The summed E-state index contributed by atoms with van der Waals surface area (Å²) in [4.78, 5) is 0. The molecule has 0 nitrogen and oxygen atoms in total. The fourth-order valence-electron chi connectivity index (χ4n) is 0.569. The Morgan fingerprint density at radius 3 is 3.38 bits per heavy atom. The van der Waals surface area contributed by atoms with Crippen molar-refractivity contribution in [3.8, 4) is 11.8 Å². The van der Waals surface area contributed by atoms with Gasteiger partial charge in [-0.15, -0.1) is 0 Å². The van der Waals surface area contributed by atoms with Crippen LogP contribution in [0.2, 0.25) is 0 Å². The lowest BCUT2D eigenvalue weighted by Gasteiger charge is -1.84. The topological polar surface area (TPSA) is 0 Å². The van der Waals surface area contributed by atoms with Gasteiger partial charge in [0.2, 0.25) is 0 Å². The molecule has 0 N–H and O–H groups in total. The second-order valence-electron chi connectivity index (χ2n) is 1.87. The highest BCUT2D eigenvalue weighted by Crippen LogP contribution is 1.99. The van der Waals surface area contributed by atoms with E-state index in [1.165, 1.54) is 5.57 Å². The standard InChI is InChI=1S/C8H8/c1-8-6-4-2-3-5-7-8/h2,4,6H,7H2,1H3. The zero-order chi connectivity index (χ0) is 5.82. The van der Waals surface area contributed by atoms with Crippen molar-refractivity contribution in [3.63, 3.8) is 0 Å². The van der Waals surface area contributed by atoms with Crippen molar-refractivity contribution < 1.29 is 0 Å². The molecule has 0 heterocycles. The molecule has 0 aromatic heterocycles. The molecule has 0 aliphatic heterocycles. The number of allylic oxidation sites excluding steroid dienone is 4. The summed E-state index contributed by atoms with van der Waals surface area (Å²) >= 11 is 0. The first kappa shape index (κ1) is 5.18. The second-order valence-corrected chi connectivity index (χ2v) is 1.87. The lowest BCUT2D eigenvalue weighted by Crippen LogP contribution is -1.67. The summed E-state index contributed by atoms with van der Waals surface area (Å²) < 4.78 is 0. The van der Waals surface area contributed by atoms with Crippen LogP contribution in [0.15, 0.2) is 23.8 Å². The molecule has 0 heteroatoms. The minimum atomic E-state index is 0.924. The molecular weight excluding hydrogens is 96.1 g/mol. The predicted molar refractivity (Wildman–Crippen MR) is 35.3 cm³/mol. The Balaban J connectivity index is 2.75. The molecule has 0 amide bonds. The molecule has 0 radical (unpaired) electrons. The van der Waals surface area contributed by atoms with Crippen molar-refractivity contribution in [2.75, 3.05) is 0 Å². The molecule has 1 rings (SSSR count). The molecule has 1 aliphatic rings. The van der Waals surface area contributed by atoms with Gasteiger partial charge in [0.15, 0.2) is 0 Å². The maximum atomic E-state index is 2.99. The first-order chi connectivity index (χ1) is 3.89. The van der Waals surface area contributed by atoms with Crippen molar-refractivity contribution in [1.29, 1.82) is 0 Å². The highest BCUT2D eigenvalue weighted by molar-refractivity contribution is 5.28. The van der Waals surface area contributed by atoms with Crippen LogP contribution >= 0.6 is 0 Å². The van der Waals surface area contributed by atoms with Gasteiger partial charge in [-0.1, -0.05) is 29.6 Å². The summed E-state index contributed by atoms with van der Waals surface area (Å²) in [5.74, 6) is 5.89. The quantitative estimate of drug-likeness (QED) is 0.412. The second kappa shape index (κ2) is 2.37. The van der Waals surface area contributed by atoms with E-state index in [4.69, 9.17) is 0 Å². The average Bonchev–Trinajstić information content (AvgIpc) is 1.94. The molecule has 8 heavy (non-hydrogen) atoms. The van der Waals surface area contributed by atoms with E-state index in [-0.39, 0.29) is 0 Å². The van der Waals surface area contributed by atoms with Crippen LogP contribution in [0.1, 0.15) is 13.3 Å². The maximum absolute atomic E-state index is 2.99. The first-order valence-corrected chi connectivity index (χ1v) is 2.70. The number of rotatable bonds is 0. The fourth-order valence-corrected chi connectivity index (χ4v) is 0.569. The highest BCUT2D eigenvalue weighted by Gasteiger charge is 1.82. The minimum Gasteiger partial charge on any atom is -0.0941 e. The van der Waals surface area contributed by atoms with Crippen molar-refractivity contribution in [2.45, 2.75) is 13.3 Å². The van der Waals surface area contributed by atoms with E-state index >= 15 is 0 Å². The maximum Gasteiger partial charge on any atom is 0.0303 e. The Morgan fingerprint density at radius 1 is 1.62 bits per heavy atom. The van der Waals surface area contributed by atoms with Crippen LogP contribution < -0.4 is 0 Å². The summed E-state index contributed by atoms with van der Waals surface area (Å²) in [6.45, 7) is 2.09. The normalized spacial score (nSPS) is 15.9. The Morgan fingerprint density at radius 2 is 2.50 bits per heavy atom. The molecule has 0 spiro atoms. The van der Waals surface area contributed by atoms with Crippen molar-refractivity contribution >= 4 is 0 Å². The third kappa shape index (κ3) is 1.27. The van der Waals surface area contributed by atoms with E-state index in [9.17, 15) is 0 Å². The van der Waals surface area contributed by atoms with Gasteiger partial charge in [-0.3, -0.25) is 0 Å². The SMILES string of the molecule is CC1=CC=CC#CC1. The molecule has 0 atom stereocenters. The number of hydrogen-bond donors (Lipinski definition) is 0. The van der Waals surface area contributed by atoms with Gasteiger partial charge in [-0.25, -0.2) is 0 Å². The largest absolute Gasteiger partial charge is 0.0941 e. The van der Waals surface area contributed by atoms with Crippen molar-refractivity contribution in [2.24, 2.45) is 0 Å². The number of hydrogen-bond acceptors (Lipinski definition) is 0. The first-order valence-electron chi connectivity index (χ1n) is 2.70. The molecule has 0 aromatic rings. The van der Waals surface area contributed by atoms with E-state index < -0.39 is 0 Å². The predicted octanol–water partition coefficient (Wildman–Crippen LogP) is 1.90. The van der Waals surface area contributed by atoms with E-state index in [2.05, 4.69) is 24.8 Å². The Hall–Kier alpha value is -0.960. The third-order valence-electron chi connectivity index (χ3n) is 1.03. The summed E-state index contributed by atoms with van der Waals surface area (Å²) in [6, 6.07) is 0. The lowest BCUT2D eigenvalue weighted by atomic mass is 10.2. The van der Waals surface area contributed by atoms with Gasteiger partial charge in [-0.2, -0.15) is 0 Å². The summed E-state index contributed by atoms with van der Waals surface area (Å²) in [6.07, 6.45) is 6.85. The fraction of sp³-hybridized carbons (Fsp3) is 0.250. The lowest BCUT2D eigenvalue weighted by molar-refractivity contribution is 1.26. The van der Waals surface area contributed by atoms with Crippen LogP contribution in [-0.2, 0) is 0 Å². The highest BCUT2D eigenvalue weighted by atomic mass is 13.9. The smallest absolute Gasteiger partial charge is 0.0303 e. The minimum absolute atomic E-state index is 0.924. The van der Waals surface area contributed by atoms with E-state index in [0.717, 1.165) is 6.42 Å². The van der Waals surface area contributed by atoms with Gasteiger partial charge in [0.05, 0.1) is 0 Å². The van der Waals surface area contributed by atoms with Crippen LogP contribution in [0, 0.1) is 11.8 Å². The van der Waals surface area contributed by atoms with Crippen LogP contribution in [0.4, 0.5) is 0 Å².